The molecule has 4 nitrogen and oxygen atoms in total. The molecule has 6 heteroatoms. The molecule has 0 saturated carbocycles. The number of halogens is 1. The second-order valence-corrected chi connectivity index (χ2v) is 6.43. The molecule has 0 aliphatic rings. The van der Waals surface area contributed by atoms with E-state index in [2.05, 4.69) is 29.4 Å². The molecule has 0 unspecified atom stereocenters. The molecular weight excluding hydrogens is 332 g/mol. The zero-order valence-corrected chi connectivity index (χ0v) is 14.1. The number of carbonyl (C=O) groups excluding carboxylic acids is 1. The number of carbonyl (C=O) groups is 1. The number of thiazole rings is 1. The van der Waals surface area contributed by atoms with Gasteiger partial charge in [0.1, 0.15) is 5.75 Å². The largest absolute Gasteiger partial charge is 0.484 e. The van der Waals surface area contributed by atoms with Gasteiger partial charge < -0.3 is 4.74 Å². The van der Waals surface area contributed by atoms with E-state index in [4.69, 9.17) is 16.3 Å². The van der Waals surface area contributed by atoms with E-state index in [1.807, 2.05) is 6.07 Å². The van der Waals surface area contributed by atoms with Gasteiger partial charge in [-0.2, -0.15) is 0 Å². The smallest absolute Gasteiger partial charge is 0.264 e. The summed E-state index contributed by atoms with van der Waals surface area (Å²) in [4.78, 5) is 16.4. The van der Waals surface area contributed by atoms with Gasteiger partial charge in [0.05, 0.1) is 10.2 Å². The lowest BCUT2D eigenvalue weighted by Gasteiger charge is -2.05. The summed E-state index contributed by atoms with van der Waals surface area (Å²) in [5, 5.41) is 3.98. The number of nitrogens with one attached hydrogen (secondary N) is 1. The van der Waals surface area contributed by atoms with Gasteiger partial charge in [-0.1, -0.05) is 35.9 Å². The quantitative estimate of drug-likeness (QED) is 0.738. The van der Waals surface area contributed by atoms with Gasteiger partial charge in [0, 0.05) is 5.02 Å². The summed E-state index contributed by atoms with van der Waals surface area (Å²) < 4.78 is 6.48. The van der Waals surface area contributed by atoms with E-state index in [-0.39, 0.29) is 12.5 Å². The van der Waals surface area contributed by atoms with Crippen LogP contribution in [0.3, 0.4) is 0 Å². The Balaban J connectivity index is 1.62. The van der Waals surface area contributed by atoms with Crippen molar-refractivity contribution in [3.05, 3.63) is 53.1 Å². The van der Waals surface area contributed by atoms with Gasteiger partial charge in [0.25, 0.3) is 5.91 Å². The minimum absolute atomic E-state index is 0.0717. The number of aryl methyl sites for hydroxylation is 1. The van der Waals surface area contributed by atoms with Gasteiger partial charge in [-0.15, -0.1) is 0 Å². The Morgan fingerprint density at radius 2 is 2.04 bits per heavy atom. The third-order valence-corrected chi connectivity index (χ3v) is 4.48. The predicted octanol–water partition coefficient (Wildman–Crippen LogP) is 4.53. The number of nitrogens with zero attached hydrogens (tertiary/aromatic N) is 1. The highest BCUT2D eigenvalue weighted by atomic mass is 35.5. The van der Waals surface area contributed by atoms with E-state index < -0.39 is 0 Å². The van der Waals surface area contributed by atoms with Crippen molar-refractivity contribution in [2.24, 2.45) is 0 Å². The fourth-order valence-electron chi connectivity index (χ4n) is 2.08. The molecule has 3 aromatic rings. The number of anilines is 1. The monoisotopic (exact) mass is 346 g/mol. The number of hydrogen-bond acceptors (Lipinski definition) is 4. The van der Waals surface area contributed by atoms with Crippen molar-refractivity contribution >= 4 is 44.2 Å². The van der Waals surface area contributed by atoms with Crippen LogP contribution in [0.15, 0.2) is 42.5 Å². The zero-order chi connectivity index (χ0) is 16.2. The minimum Gasteiger partial charge on any atom is -0.484 e. The van der Waals surface area contributed by atoms with Crippen molar-refractivity contribution in [2.45, 2.75) is 13.3 Å². The Labute approximate surface area is 143 Å². The molecule has 1 amide bonds. The second-order valence-electron chi connectivity index (χ2n) is 4.97. The van der Waals surface area contributed by atoms with Crippen molar-refractivity contribution in [2.75, 3.05) is 11.9 Å². The fraction of sp³-hybridized carbons (Fsp3) is 0.176. The Morgan fingerprint density at radius 3 is 2.78 bits per heavy atom. The molecule has 0 bridgehead atoms. The maximum absolute atomic E-state index is 12.0. The molecule has 1 heterocycles. The molecule has 23 heavy (non-hydrogen) atoms. The average Bonchev–Trinajstić information content (AvgIpc) is 2.95. The Bertz CT molecular complexity index is 830. The van der Waals surface area contributed by atoms with Crippen molar-refractivity contribution in [3.8, 4) is 5.75 Å². The van der Waals surface area contributed by atoms with E-state index in [1.54, 1.807) is 24.3 Å². The summed E-state index contributed by atoms with van der Waals surface area (Å²) in [6.45, 7) is 2.04. The van der Waals surface area contributed by atoms with Crippen molar-refractivity contribution in [1.29, 1.82) is 0 Å². The first kappa shape index (κ1) is 15.8. The van der Waals surface area contributed by atoms with E-state index in [0.29, 0.717) is 15.9 Å². The summed E-state index contributed by atoms with van der Waals surface area (Å²) in [6, 6.07) is 13.0. The van der Waals surface area contributed by atoms with Gasteiger partial charge in [-0.3, -0.25) is 10.1 Å². The highest BCUT2D eigenvalue weighted by molar-refractivity contribution is 7.22. The highest BCUT2D eigenvalue weighted by Crippen LogP contribution is 2.27. The van der Waals surface area contributed by atoms with Crippen LogP contribution in [0.1, 0.15) is 12.5 Å². The van der Waals surface area contributed by atoms with E-state index in [0.717, 1.165) is 16.6 Å². The molecule has 0 aliphatic heterocycles. The SMILES string of the molecule is CCc1ccc2nc(NC(=O)COc3ccc(Cl)cc3)sc2c1. The third kappa shape index (κ3) is 4.00. The first-order chi connectivity index (χ1) is 11.1. The maximum Gasteiger partial charge on any atom is 0.264 e. The highest BCUT2D eigenvalue weighted by Gasteiger charge is 2.09. The zero-order valence-electron chi connectivity index (χ0n) is 12.5. The molecular formula is C17H15ClN2O2S. The molecule has 0 aliphatic carbocycles. The fourth-order valence-corrected chi connectivity index (χ4v) is 3.15. The Morgan fingerprint density at radius 1 is 1.26 bits per heavy atom. The van der Waals surface area contributed by atoms with E-state index in [9.17, 15) is 4.79 Å². The van der Waals surface area contributed by atoms with Gasteiger partial charge in [0.2, 0.25) is 0 Å². The Hall–Kier alpha value is -2.11. The third-order valence-electron chi connectivity index (χ3n) is 3.29. The van der Waals surface area contributed by atoms with Crippen LogP contribution in [-0.2, 0) is 11.2 Å². The molecule has 1 N–H and O–H groups in total. The van der Waals surface area contributed by atoms with Crippen LogP contribution in [0.2, 0.25) is 5.02 Å². The van der Waals surface area contributed by atoms with Gasteiger partial charge >= 0.3 is 0 Å². The van der Waals surface area contributed by atoms with Crippen LogP contribution >= 0.6 is 22.9 Å². The van der Waals surface area contributed by atoms with Crippen LogP contribution in [0.4, 0.5) is 5.13 Å². The van der Waals surface area contributed by atoms with E-state index in [1.165, 1.54) is 16.9 Å². The van der Waals surface area contributed by atoms with E-state index >= 15 is 0 Å². The minimum atomic E-state index is -0.241. The molecule has 0 saturated heterocycles. The first-order valence-electron chi connectivity index (χ1n) is 7.21. The molecule has 0 radical (unpaired) electrons. The average molecular weight is 347 g/mol. The lowest BCUT2D eigenvalue weighted by molar-refractivity contribution is -0.118. The van der Waals surface area contributed by atoms with Gasteiger partial charge in [-0.05, 0) is 48.4 Å². The van der Waals surface area contributed by atoms with Crippen LogP contribution < -0.4 is 10.1 Å². The van der Waals surface area contributed by atoms with Crippen LogP contribution in [0.5, 0.6) is 5.75 Å². The summed E-state index contributed by atoms with van der Waals surface area (Å²) in [5.41, 5.74) is 2.14. The number of hydrogen-bond donors (Lipinski definition) is 1. The summed E-state index contributed by atoms with van der Waals surface area (Å²) in [5.74, 6) is 0.358. The molecule has 2 aromatic carbocycles. The number of ether oxygens (including phenoxy) is 1. The number of fused-ring (bicyclic) bond motifs is 1. The number of aromatic nitrogens is 1. The summed E-state index contributed by atoms with van der Waals surface area (Å²) in [7, 11) is 0. The first-order valence-corrected chi connectivity index (χ1v) is 8.41. The molecule has 3 rings (SSSR count). The Kier molecular flexibility index (Phi) is 4.79. The van der Waals surface area contributed by atoms with Crippen molar-refractivity contribution in [3.63, 3.8) is 0 Å². The molecule has 0 spiro atoms. The summed E-state index contributed by atoms with van der Waals surface area (Å²) in [6.07, 6.45) is 0.977. The second kappa shape index (κ2) is 6.98. The number of benzene rings is 2. The van der Waals surface area contributed by atoms with Gasteiger partial charge in [-0.25, -0.2) is 4.98 Å². The normalized spacial score (nSPS) is 10.7. The van der Waals surface area contributed by atoms with Crippen molar-refractivity contribution in [1.82, 2.24) is 4.98 Å². The lowest BCUT2D eigenvalue weighted by Crippen LogP contribution is -2.19. The number of rotatable bonds is 5. The standard InChI is InChI=1S/C17H15ClN2O2S/c1-2-11-3-8-14-15(9-11)23-17(19-14)20-16(21)10-22-13-6-4-12(18)5-7-13/h3-9H,2,10H2,1H3,(H,19,20,21). The molecule has 0 fully saturated rings. The van der Waals surface area contributed by atoms with Crippen molar-refractivity contribution < 1.29 is 9.53 Å². The van der Waals surface area contributed by atoms with Crippen LogP contribution in [0, 0.1) is 0 Å². The van der Waals surface area contributed by atoms with Crippen LogP contribution in [-0.4, -0.2) is 17.5 Å². The molecule has 1 aromatic heterocycles. The topological polar surface area (TPSA) is 51.2 Å². The predicted molar refractivity (Wildman–Crippen MR) is 94.6 cm³/mol. The van der Waals surface area contributed by atoms with Crippen LogP contribution in [0.25, 0.3) is 10.2 Å². The summed E-state index contributed by atoms with van der Waals surface area (Å²) >= 11 is 7.26. The lowest BCUT2D eigenvalue weighted by atomic mass is 10.2. The number of amides is 1. The maximum atomic E-state index is 12.0. The van der Waals surface area contributed by atoms with Gasteiger partial charge in [0.15, 0.2) is 11.7 Å². The molecule has 118 valence electrons. The molecule has 0 atom stereocenters.